The zero-order chi connectivity index (χ0) is 24.3. The second-order valence-corrected chi connectivity index (χ2v) is 13.2. The molecule has 12 atom stereocenters. The van der Waals surface area contributed by atoms with Gasteiger partial charge in [0, 0.05) is 0 Å². The van der Waals surface area contributed by atoms with E-state index in [-0.39, 0.29) is 40.7 Å². The maximum Gasteiger partial charge on any atom is 0.309 e. The fourth-order valence-electron chi connectivity index (χ4n) is 8.90. The molecule has 3 N–H and O–H groups in total. The van der Waals surface area contributed by atoms with E-state index in [1.807, 2.05) is 6.92 Å². The van der Waals surface area contributed by atoms with Crippen molar-refractivity contribution in [1.29, 1.82) is 0 Å². The molecule has 4 aliphatic rings. The highest BCUT2D eigenvalue weighted by Crippen LogP contribution is 2.66. The molecular weight excluding hydrogens is 416 g/mol. The standard InChI is InChI=1S/C28H48O5/c1-15(2)16(3)24(30)25(31)17(4)20-7-8-21-19-14-33-26(32)23-13-18(29)9-11-28(23,6)22(19)10-12-27(20,21)5/h15-25,29-31H,7-14H2,1-6H3/t16-,17-,18-,19?,20?,21?,22?,23?,24+,25+,27+,28+/m0/s1. The molecule has 0 aromatic rings. The van der Waals surface area contributed by atoms with Crippen LogP contribution in [0.2, 0.25) is 0 Å². The predicted molar refractivity (Wildman–Crippen MR) is 128 cm³/mol. The van der Waals surface area contributed by atoms with E-state index in [1.165, 1.54) is 0 Å². The second-order valence-electron chi connectivity index (χ2n) is 13.2. The summed E-state index contributed by atoms with van der Waals surface area (Å²) in [7, 11) is 0. The molecule has 33 heavy (non-hydrogen) atoms. The minimum absolute atomic E-state index is 0.0363. The summed E-state index contributed by atoms with van der Waals surface area (Å²) >= 11 is 0. The summed E-state index contributed by atoms with van der Waals surface area (Å²) in [5, 5.41) is 32.3. The summed E-state index contributed by atoms with van der Waals surface area (Å²) in [6.07, 6.45) is 4.78. The largest absolute Gasteiger partial charge is 0.465 e. The van der Waals surface area contributed by atoms with Gasteiger partial charge in [-0.2, -0.15) is 0 Å². The predicted octanol–water partition coefficient (Wildman–Crippen LogP) is 4.42. The Morgan fingerprint density at radius 2 is 1.55 bits per heavy atom. The van der Waals surface area contributed by atoms with Crippen LogP contribution < -0.4 is 0 Å². The van der Waals surface area contributed by atoms with Gasteiger partial charge in [-0.05, 0) is 97.2 Å². The minimum atomic E-state index is -0.714. The quantitative estimate of drug-likeness (QED) is 0.524. The fraction of sp³-hybridized carbons (Fsp3) is 0.964. The number of carbonyl (C=O) groups excluding carboxylic acids is 1. The van der Waals surface area contributed by atoms with Crippen molar-refractivity contribution in [3.05, 3.63) is 0 Å². The molecule has 0 bridgehead atoms. The van der Waals surface area contributed by atoms with Crippen LogP contribution in [0.15, 0.2) is 0 Å². The topological polar surface area (TPSA) is 87.0 Å². The van der Waals surface area contributed by atoms with E-state index >= 15 is 0 Å². The van der Waals surface area contributed by atoms with Crippen LogP contribution in [0.3, 0.4) is 0 Å². The molecule has 0 aromatic carbocycles. The number of esters is 1. The molecule has 0 amide bonds. The van der Waals surface area contributed by atoms with E-state index in [4.69, 9.17) is 4.74 Å². The van der Waals surface area contributed by atoms with Crippen molar-refractivity contribution in [3.63, 3.8) is 0 Å². The number of hydrogen-bond donors (Lipinski definition) is 3. The van der Waals surface area contributed by atoms with Crippen LogP contribution in [0.25, 0.3) is 0 Å². The number of ether oxygens (including phenoxy) is 1. The molecule has 3 saturated carbocycles. The van der Waals surface area contributed by atoms with Gasteiger partial charge in [-0.25, -0.2) is 0 Å². The first-order valence-corrected chi connectivity index (χ1v) is 13.6. The van der Waals surface area contributed by atoms with Crippen LogP contribution in [-0.4, -0.2) is 46.2 Å². The Balaban J connectivity index is 1.56. The summed E-state index contributed by atoms with van der Waals surface area (Å²) in [6.45, 7) is 13.6. The molecule has 5 nitrogen and oxygen atoms in total. The molecule has 1 aliphatic heterocycles. The summed E-state index contributed by atoms with van der Waals surface area (Å²) in [4.78, 5) is 13.0. The number of aliphatic hydroxyl groups is 3. The van der Waals surface area contributed by atoms with Gasteiger partial charge in [0.25, 0.3) is 0 Å². The second kappa shape index (κ2) is 9.09. The Morgan fingerprint density at radius 3 is 2.21 bits per heavy atom. The summed E-state index contributed by atoms with van der Waals surface area (Å²) in [6, 6.07) is 0. The highest BCUT2D eigenvalue weighted by Gasteiger charge is 2.62. The van der Waals surface area contributed by atoms with Crippen LogP contribution in [-0.2, 0) is 9.53 Å². The molecule has 0 aromatic heterocycles. The van der Waals surface area contributed by atoms with Crippen molar-refractivity contribution in [3.8, 4) is 0 Å². The number of fused-ring (bicyclic) bond motifs is 5. The van der Waals surface area contributed by atoms with Crippen LogP contribution >= 0.6 is 0 Å². The van der Waals surface area contributed by atoms with Gasteiger partial charge in [0.1, 0.15) is 0 Å². The molecule has 0 spiro atoms. The summed E-state index contributed by atoms with van der Waals surface area (Å²) in [5.41, 5.74) is 0.00402. The number of hydrogen-bond acceptors (Lipinski definition) is 5. The van der Waals surface area contributed by atoms with Crippen molar-refractivity contribution in [2.24, 2.45) is 58.2 Å². The number of carbonyl (C=O) groups is 1. The Kier molecular flexibility index (Phi) is 7.01. The molecule has 3 aliphatic carbocycles. The van der Waals surface area contributed by atoms with Crippen LogP contribution in [0.1, 0.15) is 86.5 Å². The maximum atomic E-state index is 13.0. The SMILES string of the molecule is CC(C)[C@H](C)[C@@H](O)[C@H](O)[C@@H](C)C1CCC2C3COC(=O)C4C[C@@H](O)CC[C@]4(C)C3CC[C@@]21C. The molecule has 1 saturated heterocycles. The van der Waals surface area contributed by atoms with Crippen LogP contribution in [0.5, 0.6) is 0 Å². The van der Waals surface area contributed by atoms with E-state index < -0.39 is 12.2 Å². The highest BCUT2D eigenvalue weighted by molar-refractivity contribution is 5.74. The summed E-state index contributed by atoms with van der Waals surface area (Å²) < 4.78 is 5.91. The molecule has 1 heterocycles. The average molecular weight is 465 g/mol. The van der Waals surface area contributed by atoms with Gasteiger partial charge in [0.05, 0.1) is 30.8 Å². The van der Waals surface area contributed by atoms with Gasteiger partial charge in [-0.15, -0.1) is 0 Å². The third-order valence-electron chi connectivity index (χ3n) is 11.5. The first-order chi connectivity index (χ1) is 15.4. The van der Waals surface area contributed by atoms with E-state index in [2.05, 4.69) is 34.6 Å². The average Bonchev–Trinajstić information content (AvgIpc) is 3.08. The molecular formula is C28H48O5. The van der Waals surface area contributed by atoms with E-state index in [0.29, 0.717) is 42.6 Å². The molecule has 4 fully saturated rings. The molecule has 0 radical (unpaired) electrons. The van der Waals surface area contributed by atoms with E-state index in [1.54, 1.807) is 0 Å². The Morgan fingerprint density at radius 1 is 0.909 bits per heavy atom. The third-order valence-corrected chi connectivity index (χ3v) is 11.5. The van der Waals surface area contributed by atoms with Gasteiger partial charge in [-0.3, -0.25) is 4.79 Å². The number of cyclic esters (lactones) is 1. The zero-order valence-corrected chi connectivity index (χ0v) is 21.7. The molecule has 4 rings (SSSR count). The van der Waals surface area contributed by atoms with Crippen LogP contribution in [0, 0.1) is 58.2 Å². The normalized spacial score (nSPS) is 46.9. The van der Waals surface area contributed by atoms with Gasteiger partial charge in [0.2, 0.25) is 0 Å². The van der Waals surface area contributed by atoms with Gasteiger partial charge < -0.3 is 20.1 Å². The first kappa shape index (κ1) is 25.4. The third kappa shape index (κ3) is 4.08. The Labute approximate surface area is 200 Å². The lowest BCUT2D eigenvalue weighted by atomic mass is 9.48. The lowest BCUT2D eigenvalue weighted by Crippen LogP contribution is -2.52. The van der Waals surface area contributed by atoms with Gasteiger partial charge >= 0.3 is 5.97 Å². The number of aliphatic hydroxyl groups excluding tert-OH is 3. The Hall–Kier alpha value is -0.650. The smallest absolute Gasteiger partial charge is 0.309 e. The minimum Gasteiger partial charge on any atom is -0.465 e. The van der Waals surface area contributed by atoms with Crippen molar-refractivity contribution in [2.75, 3.05) is 6.61 Å². The zero-order valence-electron chi connectivity index (χ0n) is 21.7. The van der Waals surface area contributed by atoms with Crippen molar-refractivity contribution < 1.29 is 24.9 Å². The van der Waals surface area contributed by atoms with E-state index in [0.717, 1.165) is 38.5 Å². The highest BCUT2D eigenvalue weighted by atomic mass is 16.5. The van der Waals surface area contributed by atoms with Gasteiger partial charge in [-0.1, -0.05) is 41.5 Å². The van der Waals surface area contributed by atoms with Crippen molar-refractivity contribution in [2.45, 2.75) is 105 Å². The maximum absolute atomic E-state index is 13.0. The van der Waals surface area contributed by atoms with E-state index in [9.17, 15) is 20.1 Å². The number of rotatable bonds is 5. The lowest BCUT2D eigenvalue weighted by Gasteiger charge is -2.55. The lowest BCUT2D eigenvalue weighted by molar-refractivity contribution is -0.155. The monoisotopic (exact) mass is 464 g/mol. The summed E-state index contributed by atoms with van der Waals surface area (Å²) in [5.74, 6) is 1.78. The van der Waals surface area contributed by atoms with Crippen LogP contribution in [0.4, 0.5) is 0 Å². The van der Waals surface area contributed by atoms with Crippen molar-refractivity contribution >= 4 is 5.97 Å². The van der Waals surface area contributed by atoms with Gasteiger partial charge in [0.15, 0.2) is 0 Å². The first-order valence-electron chi connectivity index (χ1n) is 13.6. The molecule has 5 heteroatoms. The molecule has 5 unspecified atom stereocenters. The van der Waals surface area contributed by atoms with Crippen molar-refractivity contribution in [1.82, 2.24) is 0 Å². The molecule has 190 valence electrons. The fourth-order valence-corrected chi connectivity index (χ4v) is 8.90. The Bertz CT molecular complexity index is 723.